The summed E-state index contributed by atoms with van der Waals surface area (Å²) in [6, 6.07) is 1.51. The minimum atomic E-state index is -4.57. The van der Waals surface area contributed by atoms with Gasteiger partial charge in [-0.05, 0) is 12.8 Å². The first kappa shape index (κ1) is 12.9. The highest BCUT2D eigenvalue weighted by Gasteiger charge is 2.35. The van der Waals surface area contributed by atoms with Crippen LogP contribution in [0, 0.1) is 0 Å². The number of rotatable bonds is 2. The molecule has 0 spiro atoms. The molecule has 0 aliphatic heterocycles. The summed E-state index contributed by atoms with van der Waals surface area (Å²) in [5.74, 6) is -1.21. The number of nitrogen functional groups attached to an aromatic ring is 1. The highest BCUT2D eigenvalue weighted by atomic mass is 19.4. The summed E-state index contributed by atoms with van der Waals surface area (Å²) in [4.78, 5) is 6.67. The molecule has 7 heteroatoms. The van der Waals surface area contributed by atoms with Crippen molar-refractivity contribution in [3.05, 3.63) is 11.9 Å². The molecule has 18 heavy (non-hydrogen) atoms. The van der Waals surface area contributed by atoms with Gasteiger partial charge < -0.3 is 11.1 Å². The number of alkyl halides is 3. The lowest BCUT2D eigenvalue weighted by Crippen LogP contribution is -2.24. The van der Waals surface area contributed by atoms with E-state index in [0.29, 0.717) is 0 Å². The van der Waals surface area contributed by atoms with Gasteiger partial charge in [0.15, 0.2) is 0 Å². The Labute approximate surface area is 103 Å². The van der Waals surface area contributed by atoms with Crippen LogP contribution in [0.15, 0.2) is 6.07 Å². The van der Waals surface area contributed by atoms with Gasteiger partial charge in [0.2, 0.25) is 5.82 Å². The van der Waals surface area contributed by atoms with E-state index in [1.54, 1.807) is 0 Å². The van der Waals surface area contributed by atoms with Gasteiger partial charge in [-0.1, -0.05) is 19.3 Å². The molecule has 1 aliphatic rings. The van der Waals surface area contributed by atoms with Gasteiger partial charge in [-0.3, -0.25) is 0 Å². The molecule has 3 N–H and O–H groups in total. The van der Waals surface area contributed by atoms with Crippen molar-refractivity contribution in [2.45, 2.75) is 44.3 Å². The average molecular weight is 260 g/mol. The van der Waals surface area contributed by atoms with Gasteiger partial charge >= 0.3 is 6.18 Å². The first-order valence-electron chi connectivity index (χ1n) is 5.93. The molecule has 1 aliphatic carbocycles. The van der Waals surface area contributed by atoms with Crippen molar-refractivity contribution in [2.24, 2.45) is 0 Å². The van der Waals surface area contributed by atoms with Crippen LogP contribution in [-0.4, -0.2) is 16.0 Å². The van der Waals surface area contributed by atoms with Crippen LogP contribution in [0.3, 0.4) is 0 Å². The fraction of sp³-hybridized carbons (Fsp3) is 0.636. The zero-order valence-corrected chi connectivity index (χ0v) is 9.80. The van der Waals surface area contributed by atoms with Crippen molar-refractivity contribution in [2.75, 3.05) is 11.1 Å². The molecule has 1 heterocycles. The molecular weight excluding hydrogens is 245 g/mol. The number of nitrogens with zero attached hydrogens (tertiary/aromatic N) is 2. The number of anilines is 2. The molecule has 0 radical (unpaired) electrons. The number of hydrogen-bond donors (Lipinski definition) is 2. The summed E-state index contributed by atoms with van der Waals surface area (Å²) in [6.07, 6.45) is 0.682. The van der Waals surface area contributed by atoms with Crippen LogP contribution in [-0.2, 0) is 6.18 Å². The Morgan fingerprint density at radius 2 is 1.83 bits per heavy atom. The molecule has 0 unspecified atom stereocenters. The number of aromatic nitrogens is 2. The summed E-state index contributed by atoms with van der Waals surface area (Å²) >= 11 is 0. The molecular formula is C11H15F3N4. The third kappa shape index (κ3) is 3.24. The van der Waals surface area contributed by atoms with Crippen LogP contribution < -0.4 is 11.1 Å². The Morgan fingerprint density at radius 3 is 2.44 bits per heavy atom. The maximum Gasteiger partial charge on any atom is 0.451 e. The first-order chi connectivity index (χ1) is 8.45. The zero-order valence-electron chi connectivity index (χ0n) is 9.80. The summed E-state index contributed by atoms with van der Waals surface area (Å²) in [6.45, 7) is 0. The lowest BCUT2D eigenvalue weighted by Gasteiger charge is -2.23. The molecule has 0 aromatic carbocycles. The fourth-order valence-electron chi connectivity index (χ4n) is 2.12. The van der Waals surface area contributed by atoms with E-state index in [2.05, 4.69) is 15.3 Å². The van der Waals surface area contributed by atoms with E-state index in [0.717, 1.165) is 25.7 Å². The highest BCUT2D eigenvalue weighted by Crippen LogP contribution is 2.28. The molecule has 1 saturated carbocycles. The van der Waals surface area contributed by atoms with Crippen LogP contribution in [0.5, 0.6) is 0 Å². The molecule has 0 bridgehead atoms. The van der Waals surface area contributed by atoms with Crippen molar-refractivity contribution in [1.29, 1.82) is 0 Å². The van der Waals surface area contributed by atoms with Crippen LogP contribution in [0.2, 0.25) is 0 Å². The molecule has 1 aromatic heterocycles. The van der Waals surface area contributed by atoms with Crippen LogP contribution in [0.25, 0.3) is 0 Å². The molecule has 1 aromatic rings. The Bertz CT molecular complexity index is 413. The van der Waals surface area contributed by atoms with E-state index >= 15 is 0 Å². The molecule has 4 nitrogen and oxygen atoms in total. The standard InChI is InChI=1S/C11H15F3N4/c12-11(13,14)10-17-8(15)6-9(18-10)16-7-4-2-1-3-5-7/h6-7H,1-5H2,(H3,15,16,17,18). The first-order valence-corrected chi connectivity index (χ1v) is 5.93. The van der Waals surface area contributed by atoms with E-state index in [4.69, 9.17) is 5.73 Å². The average Bonchev–Trinajstić information content (AvgIpc) is 2.28. The van der Waals surface area contributed by atoms with E-state index in [1.807, 2.05) is 0 Å². The maximum atomic E-state index is 12.5. The molecule has 0 saturated heterocycles. The Morgan fingerprint density at radius 1 is 1.17 bits per heavy atom. The van der Waals surface area contributed by atoms with E-state index in [1.165, 1.54) is 12.5 Å². The summed E-state index contributed by atoms with van der Waals surface area (Å²) in [5.41, 5.74) is 5.37. The Kier molecular flexibility index (Phi) is 3.58. The van der Waals surface area contributed by atoms with Crippen molar-refractivity contribution < 1.29 is 13.2 Å². The normalized spacial score (nSPS) is 17.7. The second kappa shape index (κ2) is 4.99. The smallest absolute Gasteiger partial charge is 0.384 e. The minimum absolute atomic E-state index is 0.154. The molecule has 0 atom stereocenters. The van der Waals surface area contributed by atoms with Crippen LogP contribution in [0.4, 0.5) is 24.8 Å². The lowest BCUT2D eigenvalue weighted by atomic mass is 9.95. The largest absolute Gasteiger partial charge is 0.451 e. The Hall–Kier alpha value is -1.53. The number of halogens is 3. The van der Waals surface area contributed by atoms with Gasteiger partial charge in [-0.25, -0.2) is 9.97 Å². The van der Waals surface area contributed by atoms with Crippen LogP contribution >= 0.6 is 0 Å². The molecule has 0 amide bonds. The minimum Gasteiger partial charge on any atom is -0.384 e. The lowest BCUT2D eigenvalue weighted by molar-refractivity contribution is -0.144. The van der Waals surface area contributed by atoms with Crippen molar-refractivity contribution in [3.8, 4) is 0 Å². The van der Waals surface area contributed by atoms with E-state index < -0.39 is 12.0 Å². The van der Waals surface area contributed by atoms with Crippen molar-refractivity contribution in [1.82, 2.24) is 9.97 Å². The number of nitrogens with one attached hydrogen (secondary N) is 1. The molecule has 2 rings (SSSR count). The molecule has 1 fully saturated rings. The molecule has 100 valence electrons. The monoisotopic (exact) mass is 260 g/mol. The van der Waals surface area contributed by atoms with Gasteiger partial charge in [0.1, 0.15) is 11.6 Å². The number of nitrogens with two attached hydrogens (primary N) is 1. The summed E-state index contributed by atoms with van der Waals surface area (Å²) < 4.78 is 37.6. The predicted octanol–water partition coefficient (Wildman–Crippen LogP) is 2.82. The topological polar surface area (TPSA) is 63.8 Å². The second-order valence-corrected chi connectivity index (χ2v) is 4.48. The predicted molar refractivity (Wildman–Crippen MR) is 61.9 cm³/mol. The van der Waals surface area contributed by atoms with Gasteiger partial charge in [-0.2, -0.15) is 13.2 Å². The quantitative estimate of drug-likeness (QED) is 0.858. The SMILES string of the molecule is Nc1cc(NC2CCCCC2)nc(C(F)(F)F)n1. The number of hydrogen-bond acceptors (Lipinski definition) is 4. The van der Waals surface area contributed by atoms with Crippen LogP contribution in [0.1, 0.15) is 37.9 Å². The van der Waals surface area contributed by atoms with E-state index in [9.17, 15) is 13.2 Å². The Balaban J connectivity index is 2.14. The van der Waals surface area contributed by atoms with Gasteiger partial charge in [0.25, 0.3) is 0 Å². The second-order valence-electron chi connectivity index (χ2n) is 4.48. The zero-order chi connectivity index (χ0) is 13.2. The van der Waals surface area contributed by atoms with Gasteiger partial charge in [-0.15, -0.1) is 0 Å². The summed E-state index contributed by atoms with van der Waals surface area (Å²) in [7, 11) is 0. The highest BCUT2D eigenvalue weighted by molar-refractivity contribution is 5.45. The van der Waals surface area contributed by atoms with Gasteiger partial charge in [0.05, 0.1) is 0 Å². The van der Waals surface area contributed by atoms with Gasteiger partial charge in [0, 0.05) is 12.1 Å². The summed E-state index contributed by atoms with van der Waals surface area (Å²) in [5, 5.41) is 3.00. The van der Waals surface area contributed by atoms with Crippen molar-refractivity contribution >= 4 is 11.6 Å². The maximum absolute atomic E-state index is 12.5. The third-order valence-corrected chi connectivity index (χ3v) is 2.96. The third-order valence-electron chi connectivity index (χ3n) is 2.96. The fourth-order valence-corrected chi connectivity index (χ4v) is 2.12. The van der Waals surface area contributed by atoms with E-state index in [-0.39, 0.29) is 17.7 Å². The van der Waals surface area contributed by atoms with Crippen molar-refractivity contribution in [3.63, 3.8) is 0 Å².